The number of aromatic nitrogens is 1. The molecule has 1 amide bonds. The Morgan fingerprint density at radius 1 is 1.13 bits per heavy atom. The number of benzene rings is 2. The summed E-state index contributed by atoms with van der Waals surface area (Å²) >= 11 is 6.22. The number of hydrogen-bond donors (Lipinski definition) is 1. The van der Waals surface area contributed by atoms with E-state index in [2.05, 4.69) is 15.5 Å². The maximum Gasteiger partial charge on any atom is 0.271 e. The summed E-state index contributed by atoms with van der Waals surface area (Å²) in [6.07, 6.45) is 4.68. The third kappa shape index (κ3) is 5.36. The Labute approximate surface area is 180 Å². The maximum atomic E-state index is 12.0. The molecule has 0 fully saturated rings. The zero-order valence-corrected chi connectivity index (χ0v) is 17.7. The lowest BCUT2D eigenvalue weighted by Crippen LogP contribution is -2.17. The van der Waals surface area contributed by atoms with Crippen molar-refractivity contribution in [3.05, 3.63) is 87.7 Å². The van der Waals surface area contributed by atoms with E-state index in [0.29, 0.717) is 17.9 Å². The molecule has 0 spiro atoms. The van der Waals surface area contributed by atoms with Gasteiger partial charge in [0, 0.05) is 28.5 Å². The van der Waals surface area contributed by atoms with E-state index in [1.165, 1.54) is 0 Å². The Bertz CT molecular complexity index is 1050. The predicted molar refractivity (Wildman–Crippen MR) is 118 cm³/mol. The van der Waals surface area contributed by atoms with Crippen molar-refractivity contribution in [2.24, 2.45) is 5.10 Å². The minimum Gasteiger partial charge on any atom is -0.496 e. The molecular weight excluding hydrogens is 402 g/mol. The van der Waals surface area contributed by atoms with Crippen LogP contribution in [-0.2, 0) is 6.61 Å². The number of carbonyl (C=O) groups excluding carboxylic acids is 1. The molecule has 1 aromatic heterocycles. The number of amides is 1. The van der Waals surface area contributed by atoms with Crippen LogP contribution in [0.25, 0.3) is 0 Å². The van der Waals surface area contributed by atoms with E-state index in [-0.39, 0.29) is 5.91 Å². The van der Waals surface area contributed by atoms with Crippen LogP contribution in [0.3, 0.4) is 0 Å². The lowest BCUT2D eigenvalue weighted by atomic mass is 10.1. The summed E-state index contributed by atoms with van der Waals surface area (Å²) < 4.78 is 11.4. The van der Waals surface area contributed by atoms with Crippen molar-refractivity contribution in [1.29, 1.82) is 0 Å². The minimum atomic E-state index is -0.306. The van der Waals surface area contributed by atoms with Gasteiger partial charge in [-0.2, -0.15) is 5.10 Å². The zero-order chi connectivity index (χ0) is 21.5. The summed E-state index contributed by atoms with van der Waals surface area (Å²) in [5, 5.41) is 4.77. The summed E-state index contributed by atoms with van der Waals surface area (Å²) in [6.45, 7) is 4.20. The number of nitrogens with zero attached hydrogens (tertiary/aromatic N) is 2. The topological polar surface area (TPSA) is 72.8 Å². The van der Waals surface area contributed by atoms with Gasteiger partial charge in [0.15, 0.2) is 0 Å². The van der Waals surface area contributed by atoms with E-state index >= 15 is 0 Å². The Morgan fingerprint density at radius 3 is 2.50 bits per heavy atom. The van der Waals surface area contributed by atoms with Gasteiger partial charge in [-0.15, -0.1) is 0 Å². The fourth-order valence-electron chi connectivity index (χ4n) is 2.88. The summed E-state index contributed by atoms with van der Waals surface area (Å²) in [5.41, 5.74) is 6.56. The van der Waals surface area contributed by atoms with Crippen molar-refractivity contribution in [2.75, 3.05) is 7.11 Å². The van der Waals surface area contributed by atoms with Crippen LogP contribution in [0.5, 0.6) is 11.5 Å². The van der Waals surface area contributed by atoms with Crippen LogP contribution < -0.4 is 14.9 Å². The van der Waals surface area contributed by atoms with E-state index < -0.39 is 0 Å². The second-order valence-corrected chi connectivity index (χ2v) is 7.04. The lowest BCUT2D eigenvalue weighted by molar-refractivity contribution is 0.0955. The molecular formula is C23H22ClN3O3. The SMILES string of the molecule is COc1ccc(C=NNC(=O)c2ccncc2)cc1COc1cc(C)c(Cl)c(C)c1. The van der Waals surface area contributed by atoms with Crippen LogP contribution in [0.15, 0.2) is 60.0 Å². The van der Waals surface area contributed by atoms with E-state index in [1.807, 2.05) is 44.2 Å². The van der Waals surface area contributed by atoms with Crippen molar-refractivity contribution >= 4 is 23.7 Å². The molecule has 154 valence electrons. The highest BCUT2D eigenvalue weighted by Gasteiger charge is 2.08. The molecule has 0 atom stereocenters. The predicted octanol–water partition coefficient (Wildman–Crippen LogP) is 4.70. The lowest BCUT2D eigenvalue weighted by Gasteiger charge is -2.13. The normalized spacial score (nSPS) is 10.8. The molecule has 0 aliphatic rings. The van der Waals surface area contributed by atoms with Gasteiger partial charge in [0.25, 0.3) is 5.91 Å². The highest BCUT2D eigenvalue weighted by atomic mass is 35.5. The number of aryl methyl sites for hydroxylation is 2. The van der Waals surface area contributed by atoms with Gasteiger partial charge in [0.1, 0.15) is 18.1 Å². The van der Waals surface area contributed by atoms with Gasteiger partial charge in [0.2, 0.25) is 0 Å². The van der Waals surface area contributed by atoms with Gasteiger partial charge in [-0.3, -0.25) is 9.78 Å². The Morgan fingerprint density at radius 2 is 1.83 bits per heavy atom. The van der Waals surface area contributed by atoms with Crippen molar-refractivity contribution in [3.63, 3.8) is 0 Å². The smallest absolute Gasteiger partial charge is 0.271 e. The molecule has 7 heteroatoms. The van der Waals surface area contributed by atoms with Gasteiger partial charge < -0.3 is 9.47 Å². The second kappa shape index (κ2) is 9.89. The fraction of sp³-hybridized carbons (Fsp3) is 0.174. The molecule has 0 aliphatic heterocycles. The van der Waals surface area contributed by atoms with Crippen LogP contribution in [-0.4, -0.2) is 24.2 Å². The standard InChI is InChI=1S/C23H22ClN3O3/c1-15-10-20(11-16(2)22(15)24)30-14-19-12-17(4-5-21(19)29-3)13-26-27-23(28)18-6-8-25-9-7-18/h4-13H,14H2,1-3H3,(H,27,28). The molecule has 0 bridgehead atoms. The van der Waals surface area contributed by atoms with Gasteiger partial charge in [-0.05, 0) is 73.0 Å². The van der Waals surface area contributed by atoms with Crippen molar-refractivity contribution in [1.82, 2.24) is 10.4 Å². The monoisotopic (exact) mass is 423 g/mol. The number of methoxy groups -OCH3 is 1. The van der Waals surface area contributed by atoms with Crippen molar-refractivity contribution < 1.29 is 14.3 Å². The molecule has 0 saturated heterocycles. The van der Waals surface area contributed by atoms with E-state index in [9.17, 15) is 4.79 Å². The van der Waals surface area contributed by atoms with Crippen LogP contribution in [0, 0.1) is 13.8 Å². The number of rotatable bonds is 7. The first kappa shape index (κ1) is 21.3. The Balaban J connectivity index is 1.69. The van der Waals surface area contributed by atoms with Crippen molar-refractivity contribution in [3.8, 4) is 11.5 Å². The van der Waals surface area contributed by atoms with E-state index in [0.717, 1.165) is 33.0 Å². The van der Waals surface area contributed by atoms with Gasteiger partial charge in [-0.1, -0.05) is 11.6 Å². The first-order valence-corrected chi connectivity index (χ1v) is 9.65. The number of hydrogen-bond acceptors (Lipinski definition) is 5. The second-order valence-electron chi connectivity index (χ2n) is 6.67. The average molecular weight is 424 g/mol. The Hall–Kier alpha value is -3.38. The number of nitrogens with one attached hydrogen (secondary N) is 1. The Kier molecular flexibility index (Phi) is 7.03. The molecule has 0 aliphatic carbocycles. The molecule has 3 rings (SSSR count). The van der Waals surface area contributed by atoms with E-state index in [1.54, 1.807) is 37.9 Å². The number of pyridine rings is 1. The molecule has 0 radical (unpaired) electrons. The van der Waals surface area contributed by atoms with Gasteiger partial charge in [-0.25, -0.2) is 5.43 Å². The van der Waals surface area contributed by atoms with Crippen LogP contribution >= 0.6 is 11.6 Å². The number of carbonyl (C=O) groups is 1. The maximum absolute atomic E-state index is 12.0. The molecule has 0 saturated carbocycles. The molecule has 1 heterocycles. The quantitative estimate of drug-likeness (QED) is 0.441. The highest BCUT2D eigenvalue weighted by molar-refractivity contribution is 6.32. The first-order valence-electron chi connectivity index (χ1n) is 9.28. The first-order chi connectivity index (χ1) is 14.5. The summed E-state index contributed by atoms with van der Waals surface area (Å²) in [5.74, 6) is 1.13. The summed E-state index contributed by atoms with van der Waals surface area (Å²) in [4.78, 5) is 15.9. The fourth-order valence-corrected chi connectivity index (χ4v) is 2.98. The van der Waals surface area contributed by atoms with Gasteiger partial charge in [0.05, 0.1) is 13.3 Å². The number of hydrazone groups is 1. The van der Waals surface area contributed by atoms with Crippen molar-refractivity contribution in [2.45, 2.75) is 20.5 Å². The average Bonchev–Trinajstić information content (AvgIpc) is 2.76. The molecule has 3 aromatic rings. The third-order valence-electron chi connectivity index (χ3n) is 4.43. The minimum absolute atomic E-state index is 0.306. The van der Waals surface area contributed by atoms with Crippen LogP contribution in [0.2, 0.25) is 5.02 Å². The molecule has 0 unspecified atom stereocenters. The third-order valence-corrected chi connectivity index (χ3v) is 5.03. The summed E-state index contributed by atoms with van der Waals surface area (Å²) in [7, 11) is 1.61. The van der Waals surface area contributed by atoms with Crippen LogP contribution in [0.1, 0.15) is 32.6 Å². The zero-order valence-electron chi connectivity index (χ0n) is 17.0. The molecule has 1 N–H and O–H groups in total. The molecule has 30 heavy (non-hydrogen) atoms. The highest BCUT2D eigenvalue weighted by Crippen LogP contribution is 2.27. The molecule has 2 aromatic carbocycles. The van der Waals surface area contributed by atoms with E-state index in [4.69, 9.17) is 21.1 Å². The van der Waals surface area contributed by atoms with Crippen LogP contribution in [0.4, 0.5) is 0 Å². The number of ether oxygens (including phenoxy) is 2. The van der Waals surface area contributed by atoms with Gasteiger partial charge >= 0.3 is 0 Å². The number of halogens is 1. The summed E-state index contributed by atoms with van der Waals surface area (Å²) in [6, 6.07) is 12.6. The molecule has 6 nitrogen and oxygen atoms in total. The largest absolute Gasteiger partial charge is 0.496 e.